The summed E-state index contributed by atoms with van der Waals surface area (Å²) >= 11 is 0. The molecule has 1 aromatic carbocycles. The zero-order valence-electron chi connectivity index (χ0n) is 15.2. The van der Waals surface area contributed by atoms with E-state index in [0.29, 0.717) is 19.7 Å². The van der Waals surface area contributed by atoms with Crippen molar-refractivity contribution in [2.24, 2.45) is 11.3 Å². The summed E-state index contributed by atoms with van der Waals surface area (Å²) in [5.41, 5.74) is 0.922. The van der Waals surface area contributed by atoms with Gasteiger partial charge in [-0.2, -0.15) is 0 Å². The molecule has 2 atom stereocenters. The number of rotatable bonds is 1. The lowest BCUT2D eigenvalue weighted by Gasteiger charge is -2.54. The van der Waals surface area contributed by atoms with Gasteiger partial charge in [-0.25, -0.2) is 12.7 Å². The van der Waals surface area contributed by atoms with Gasteiger partial charge in [-0.05, 0) is 44.6 Å². The van der Waals surface area contributed by atoms with Crippen molar-refractivity contribution < 1.29 is 17.9 Å². The second-order valence-electron chi connectivity index (χ2n) is 8.45. The summed E-state index contributed by atoms with van der Waals surface area (Å²) in [7, 11) is -3.10. The van der Waals surface area contributed by atoms with Crippen molar-refractivity contribution in [1.29, 1.82) is 0 Å². The van der Waals surface area contributed by atoms with Gasteiger partial charge in [-0.15, -0.1) is 0 Å². The minimum absolute atomic E-state index is 0.0648. The molecule has 0 saturated carbocycles. The Labute approximate surface area is 150 Å². The number of para-hydroxylation sites is 1. The second-order valence-corrected chi connectivity index (χ2v) is 10.4. The molecule has 2 saturated heterocycles. The molecule has 1 aromatic rings. The lowest BCUT2D eigenvalue weighted by Crippen LogP contribution is -2.54. The Balaban J connectivity index is 1.58. The highest BCUT2D eigenvalue weighted by atomic mass is 32.2. The van der Waals surface area contributed by atoms with Crippen LogP contribution in [0.15, 0.2) is 24.3 Å². The maximum atomic E-state index is 11.8. The van der Waals surface area contributed by atoms with Crippen LogP contribution in [-0.2, 0) is 14.8 Å². The predicted octanol–water partition coefficient (Wildman–Crippen LogP) is 2.98. The third-order valence-corrected chi connectivity index (χ3v) is 7.63. The molecule has 0 aliphatic carbocycles. The molecule has 0 unspecified atom stereocenters. The van der Waals surface area contributed by atoms with E-state index in [1.165, 1.54) is 6.26 Å². The highest BCUT2D eigenvalue weighted by Crippen LogP contribution is 2.55. The van der Waals surface area contributed by atoms with Crippen molar-refractivity contribution in [1.82, 2.24) is 4.31 Å². The fraction of sp³-hybridized carbons (Fsp3) is 0.684. The molecule has 6 heteroatoms. The van der Waals surface area contributed by atoms with Gasteiger partial charge in [-0.3, -0.25) is 0 Å². The second kappa shape index (κ2) is 5.69. The van der Waals surface area contributed by atoms with Gasteiger partial charge in [0.15, 0.2) is 0 Å². The van der Waals surface area contributed by atoms with Crippen LogP contribution < -0.4 is 4.74 Å². The summed E-state index contributed by atoms with van der Waals surface area (Å²) in [5.74, 6) is 1.21. The molecule has 138 valence electrons. The molecule has 1 spiro atoms. The summed E-state index contributed by atoms with van der Waals surface area (Å²) in [6, 6.07) is 8.16. The van der Waals surface area contributed by atoms with Crippen molar-refractivity contribution in [3.8, 4) is 5.75 Å². The lowest BCUT2D eigenvalue weighted by atomic mass is 9.64. The highest BCUT2D eigenvalue weighted by Gasteiger charge is 2.52. The number of hydrogen-bond acceptors (Lipinski definition) is 4. The maximum absolute atomic E-state index is 11.8. The van der Waals surface area contributed by atoms with Crippen LogP contribution in [0.4, 0.5) is 0 Å². The molecule has 0 radical (unpaired) electrons. The van der Waals surface area contributed by atoms with Crippen LogP contribution >= 0.6 is 0 Å². The first-order valence-electron chi connectivity index (χ1n) is 9.05. The van der Waals surface area contributed by atoms with E-state index in [1.807, 2.05) is 18.2 Å². The summed E-state index contributed by atoms with van der Waals surface area (Å²) in [6.45, 7) is 6.19. The zero-order chi connectivity index (χ0) is 17.9. The molecule has 3 aliphatic rings. The average molecular weight is 365 g/mol. The normalized spacial score (nSPS) is 31.0. The quantitative estimate of drug-likeness (QED) is 0.768. The van der Waals surface area contributed by atoms with Gasteiger partial charge < -0.3 is 9.47 Å². The number of fused-ring (bicyclic) bond motifs is 3. The van der Waals surface area contributed by atoms with E-state index in [1.54, 1.807) is 4.31 Å². The van der Waals surface area contributed by atoms with Crippen LogP contribution in [0.1, 0.15) is 44.8 Å². The smallest absolute Gasteiger partial charge is 0.211 e. The first-order chi connectivity index (χ1) is 11.7. The van der Waals surface area contributed by atoms with Crippen molar-refractivity contribution >= 4 is 10.0 Å². The lowest BCUT2D eigenvalue weighted by molar-refractivity contribution is -0.172. The van der Waals surface area contributed by atoms with E-state index in [4.69, 9.17) is 9.47 Å². The molecule has 3 heterocycles. The summed E-state index contributed by atoms with van der Waals surface area (Å²) in [6.07, 6.45) is 4.12. The molecule has 25 heavy (non-hydrogen) atoms. The number of sulfonamides is 1. The van der Waals surface area contributed by atoms with Crippen molar-refractivity contribution in [2.75, 3.05) is 26.0 Å². The van der Waals surface area contributed by atoms with Gasteiger partial charge in [0.25, 0.3) is 0 Å². The van der Waals surface area contributed by atoms with E-state index >= 15 is 0 Å². The minimum atomic E-state index is -3.10. The number of benzene rings is 1. The Morgan fingerprint density at radius 3 is 2.52 bits per heavy atom. The van der Waals surface area contributed by atoms with Gasteiger partial charge in [0.2, 0.25) is 10.0 Å². The Morgan fingerprint density at radius 1 is 1.16 bits per heavy atom. The van der Waals surface area contributed by atoms with Crippen LogP contribution in [-0.4, -0.2) is 44.3 Å². The molecule has 0 bridgehead atoms. The van der Waals surface area contributed by atoms with Crippen LogP contribution in [0.2, 0.25) is 0 Å². The molecule has 0 amide bonds. The Bertz CT molecular complexity index is 765. The van der Waals surface area contributed by atoms with Gasteiger partial charge >= 0.3 is 0 Å². The number of piperidine rings is 1. The third kappa shape index (κ3) is 2.98. The molecule has 2 fully saturated rings. The monoisotopic (exact) mass is 365 g/mol. The fourth-order valence-corrected chi connectivity index (χ4v) is 5.59. The number of nitrogens with zero attached hydrogens (tertiary/aromatic N) is 1. The van der Waals surface area contributed by atoms with Gasteiger partial charge in [0.05, 0.1) is 19.0 Å². The third-order valence-electron chi connectivity index (χ3n) is 6.33. The Morgan fingerprint density at radius 2 is 1.84 bits per heavy atom. The number of hydrogen-bond donors (Lipinski definition) is 0. The van der Waals surface area contributed by atoms with Gasteiger partial charge in [0.1, 0.15) is 11.4 Å². The largest absolute Gasteiger partial charge is 0.487 e. The minimum Gasteiger partial charge on any atom is -0.487 e. The summed E-state index contributed by atoms with van der Waals surface area (Å²) in [5, 5.41) is 0. The molecule has 0 aromatic heterocycles. The van der Waals surface area contributed by atoms with Crippen molar-refractivity contribution in [3.63, 3.8) is 0 Å². The number of ether oxygens (including phenoxy) is 2. The van der Waals surface area contributed by atoms with E-state index in [2.05, 4.69) is 19.9 Å². The predicted molar refractivity (Wildman–Crippen MR) is 96.0 cm³/mol. The first kappa shape index (κ1) is 17.3. The van der Waals surface area contributed by atoms with E-state index in [9.17, 15) is 8.42 Å². The molecule has 0 N–H and O–H groups in total. The standard InChI is InChI=1S/C19H27NO4S/c1-18(2)15-12-19(8-10-20(11-9-19)25(3,21)22)13-23-17(15)14-6-4-5-7-16(14)24-18/h4-7,15,17H,8-13H2,1-3H3/t15-,17+/m0/s1. The van der Waals surface area contributed by atoms with Gasteiger partial charge in [0, 0.05) is 24.6 Å². The SMILES string of the molecule is CC1(C)Oc2ccccc2[C@H]2OCC3(CCN(S(C)(=O)=O)CC3)C[C@@H]21. The van der Waals surface area contributed by atoms with Gasteiger partial charge in [-0.1, -0.05) is 18.2 Å². The molecule has 4 rings (SSSR count). The molecule has 3 aliphatic heterocycles. The maximum Gasteiger partial charge on any atom is 0.211 e. The van der Waals surface area contributed by atoms with Crippen LogP contribution in [0.25, 0.3) is 0 Å². The van der Waals surface area contributed by atoms with Crippen molar-refractivity contribution in [3.05, 3.63) is 29.8 Å². The summed E-state index contributed by atoms with van der Waals surface area (Å²) in [4.78, 5) is 0. The average Bonchev–Trinajstić information content (AvgIpc) is 2.54. The fourth-order valence-electron chi connectivity index (χ4n) is 4.74. The topological polar surface area (TPSA) is 55.8 Å². The summed E-state index contributed by atoms with van der Waals surface area (Å²) < 4.78 is 37.9. The zero-order valence-corrected chi connectivity index (χ0v) is 16.0. The van der Waals surface area contributed by atoms with Crippen molar-refractivity contribution in [2.45, 2.75) is 44.8 Å². The van der Waals surface area contributed by atoms with E-state index in [-0.39, 0.29) is 23.0 Å². The Hall–Kier alpha value is -1.11. The van der Waals surface area contributed by atoms with E-state index in [0.717, 1.165) is 30.6 Å². The molecular weight excluding hydrogens is 338 g/mol. The van der Waals surface area contributed by atoms with Crippen LogP contribution in [0, 0.1) is 11.3 Å². The Kier molecular flexibility index (Phi) is 3.94. The van der Waals surface area contributed by atoms with Crippen LogP contribution in [0.5, 0.6) is 5.75 Å². The highest BCUT2D eigenvalue weighted by molar-refractivity contribution is 7.88. The van der Waals surface area contributed by atoms with E-state index < -0.39 is 10.0 Å². The first-order valence-corrected chi connectivity index (χ1v) is 10.9. The van der Waals surface area contributed by atoms with Crippen LogP contribution in [0.3, 0.4) is 0 Å². The molecular formula is C19H27NO4S. The molecule has 5 nitrogen and oxygen atoms in total.